The predicted octanol–water partition coefficient (Wildman–Crippen LogP) is 3.85. The number of nitrogens with zero attached hydrogens (tertiary/aromatic N) is 3. The van der Waals surface area contributed by atoms with Crippen molar-refractivity contribution in [3.63, 3.8) is 0 Å². The summed E-state index contributed by atoms with van der Waals surface area (Å²) < 4.78 is 13.4. The third-order valence-corrected chi connectivity index (χ3v) is 6.38. The van der Waals surface area contributed by atoms with E-state index in [0.29, 0.717) is 5.56 Å². The average Bonchev–Trinajstić information content (AvgIpc) is 2.94. The van der Waals surface area contributed by atoms with Gasteiger partial charge in [-0.3, -0.25) is 9.69 Å². The summed E-state index contributed by atoms with van der Waals surface area (Å²) >= 11 is 0. The highest BCUT2D eigenvalue weighted by molar-refractivity contribution is 5.89. The molecule has 2 aromatic rings. The second-order valence-corrected chi connectivity index (χ2v) is 8.17. The van der Waals surface area contributed by atoms with Gasteiger partial charge in [-0.15, -0.1) is 0 Å². The second kappa shape index (κ2) is 8.34. The molecule has 1 heterocycles. The van der Waals surface area contributed by atoms with E-state index in [1.54, 1.807) is 12.1 Å². The van der Waals surface area contributed by atoms with Crippen LogP contribution in [0.4, 0.5) is 4.39 Å². The van der Waals surface area contributed by atoms with Crippen molar-refractivity contribution in [1.82, 2.24) is 9.80 Å². The Labute approximate surface area is 171 Å². The lowest BCUT2D eigenvalue weighted by Gasteiger charge is -2.44. The van der Waals surface area contributed by atoms with E-state index in [2.05, 4.69) is 11.0 Å². The minimum absolute atomic E-state index is 0.204. The molecule has 0 N–H and O–H groups in total. The quantitative estimate of drug-likeness (QED) is 0.795. The first kappa shape index (κ1) is 19.6. The maximum absolute atomic E-state index is 13.5. The molecule has 150 valence electrons. The van der Waals surface area contributed by atoms with E-state index in [1.807, 2.05) is 29.2 Å². The third kappa shape index (κ3) is 4.04. The Kier molecular flexibility index (Phi) is 5.64. The number of rotatable bonds is 4. The third-order valence-electron chi connectivity index (χ3n) is 6.38. The number of halogens is 1. The molecule has 0 unspecified atom stereocenters. The Balaban J connectivity index is 1.41. The van der Waals surface area contributed by atoms with Crippen molar-refractivity contribution in [3.05, 3.63) is 71.0 Å². The highest BCUT2D eigenvalue weighted by atomic mass is 19.1. The van der Waals surface area contributed by atoms with Crippen LogP contribution in [0.25, 0.3) is 0 Å². The molecule has 0 aromatic heterocycles. The summed E-state index contributed by atoms with van der Waals surface area (Å²) in [5, 5.41) is 8.94. The molecule has 0 spiro atoms. The molecule has 1 saturated heterocycles. The molecule has 29 heavy (non-hydrogen) atoms. The monoisotopic (exact) mass is 391 g/mol. The topological polar surface area (TPSA) is 47.3 Å². The van der Waals surface area contributed by atoms with Gasteiger partial charge in [0.05, 0.1) is 17.0 Å². The fourth-order valence-corrected chi connectivity index (χ4v) is 4.50. The molecular formula is C24H26FN3O. The van der Waals surface area contributed by atoms with Crippen molar-refractivity contribution in [3.8, 4) is 6.07 Å². The van der Waals surface area contributed by atoms with Gasteiger partial charge in [-0.1, -0.05) is 30.7 Å². The lowest BCUT2D eigenvalue weighted by Crippen LogP contribution is -2.51. The fraction of sp³-hybridized carbons (Fsp3) is 0.417. The van der Waals surface area contributed by atoms with Gasteiger partial charge in [-0.25, -0.2) is 4.39 Å². The van der Waals surface area contributed by atoms with Crippen molar-refractivity contribution in [1.29, 1.82) is 5.26 Å². The number of carbonyl (C=O) groups excluding carboxylic acids is 1. The molecular weight excluding hydrogens is 365 g/mol. The van der Waals surface area contributed by atoms with Gasteiger partial charge in [-0.05, 0) is 54.7 Å². The molecule has 0 bridgehead atoms. The van der Waals surface area contributed by atoms with Crippen LogP contribution in [-0.4, -0.2) is 41.9 Å². The summed E-state index contributed by atoms with van der Waals surface area (Å²) in [4.78, 5) is 17.8. The van der Waals surface area contributed by atoms with Crippen molar-refractivity contribution in [2.75, 3.05) is 26.2 Å². The van der Waals surface area contributed by atoms with Crippen LogP contribution >= 0.6 is 0 Å². The number of benzene rings is 2. The molecule has 2 aliphatic rings. The maximum atomic E-state index is 13.5. The highest BCUT2D eigenvalue weighted by Gasteiger charge is 2.47. The van der Waals surface area contributed by atoms with E-state index >= 15 is 0 Å². The van der Waals surface area contributed by atoms with Crippen LogP contribution in [0.5, 0.6) is 0 Å². The van der Waals surface area contributed by atoms with Gasteiger partial charge in [0, 0.05) is 32.7 Å². The maximum Gasteiger partial charge on any atom is 0.233 e. The van der Waals surface area contributed by atoms with Crippen LogP contribution < -0.4 is 0 Å². The minimum atomic E-state index is -0.462. The predicted molar refractivity (Wildman–Crippen MR) is 110 cm³/mol. The van der Waals surface area contributed by atoms with Gasteiger partial charge in [0.1, 0.15) is 5.82 Å². The van der Waals surface area contributed by atoms with Gasteiger partial charge in [0.15, 0.2) is 0 Å². The zero-order valence-corrected chi connectivity index (χ0v) is 16.6. The smallest absolute Gasteiger partial charge is 0.233 e. The van der Waals surface area contributed by atoms with Crippen molar-refractivity contribution in [2.45, 2.75) is 37.6 Å². The first-order valence-corrected chi connectivity index (χ1v) is 10.4. The number of hydrogen-bond donors (Lipinski definition) is 0. The van der Waals surface area contributed by atoms with Crippen LogP contribution in [0, 0.1) is 17.1 Å². The number of hydrogen-bond acceptors (Lipinski definition) is 3. The van der Waals surface area contributed by atoms with Crippen molar-refractivity contribution >= 4 is 5.91 Å². The second-order valence-electron chi connectivity index (χ2n) is 8.17. The zero-order valence-electron chi connectivity index (χ0n) is 16.6. The Hall–Kier alpha value is -2.71. The van der Waals surface area contributed by atoms with Gasteiger partial charge < -0.3 is 4.90 Å². The number of nitriles is 1. The SMILES string of the molecule is N#Cc1ccc(CN2CCCN(C(=O)C3(c4ccc(F)cc4)CCC3)CC2)cc1. The first-order valence-electron chi connectivity index (χ1n) is 10.4. The molecule has 0 radical (unpaired) electrons. The van der Waals surface area contributed by atoms with Crippen molar-refractivity contribution in [2.24, 2.45) is 0 Å². The Morgan fingerprint density at radius 1 is 0.966 bits per heavy atom. The summed E-state index contributed by atoms with van der Waals surface area (Å²) in [5.74, 6) is -0.0560. The Bertz CT molecular complexity index is 897. The average molecular weight is 391 g/mol. The van der Waals surface area contributed by atoms with Gasteiger partial charge in [0.25, 0.3) is 0 Å². The highest BCUT2D eigenvalue weighted by Crippen LogP contribution is 2.45. The van der Waals surface area contributed by atoms with E-state index in [-0.39, 0.29) is 11.7 Å². The van der Waals surface area contributed by atoms with E-state index in [1.165, 1.54) is 17.7 Å². The van der Waals surface area contributed by atoms with E-state index in [4.69, 9.17) is 5.26 Å². The summed E-state index contributed by atoms with van der Waals surface area (Å²) in [7, 11) is 0. The molecule has 1 saturated carbocycles. The number of amides is 1. The molecule has 1 amide bonds. The lowest BCUT2D eigenvalue weighted by molar-refractivity contribution is -0.140. The van der Waals surface area contributed by atoms with E-state index in [0.717, 1.165) is 64.0 Å². The van der Waals surface area contributed by atoms with Crippen LogP contribution in [0.1, 0.15) is 42.4 Å². The molecule has 4 nitrogen and oxygen atoms in total. The molecule has 5 heteroatoms. The molecule has 0 atom stereocenters. The van der Waals surface area contributed by atoms with Crippen LogP contribution in [-0.2, 0) is 16.8 Å². The molecule has 1 aliphatic heterocycles. The largest absolute Gasteiger partial charge is 0.341 e. The molecule has 2 fully saturated rings. The van der Waals surface area contributed by atoms with Gasteiger partial charge in [0.2, 0.25) is 5.91 Å². The van der Waals surface area contributed by atoms with Gasteiger partial charge >= 0.3 is 0 Å². The Morgan fingerprint density at radius 3 is 2.31 bits per heavy atom. The van der Waals surface area contributed by atoms with E-state index in [9.17, 15) is 9.18 Å². The number of carbonyl (C=O) groups is 1. The minimum Gasteiger partial charge on any atom is -0.341 e. The summed E-state index contributed by atoms with van der Waals surface area (Å²) in [5.41, 5.74) is 2.35. The van der Waals surface area contributed by atoms with Crippen LogP contribution in [0.3, 0.4) is 0 Å². The summed E-state index contributed by atoms with van der Waals surface area (Å²) in [6.45, 7) is 4.11. The first-order chi connectivity index (χ1) is 14.1. The summed E-state index contributed by atoms with van der Waals surface area (Å²) in [6, 6.07) is 16.3. The van der Waals surface area contributed by atoms with Gasteiger partial charge in [-0.2, -0.15) is 5.26 Å². The van der Waals surface area contributed by atoms with Crippen molar-refractivity contribution < 1.29 is 9.18 Å². The lowest BCUT2D eigenvalue weighted by atomic mass is 9.63. The Morgan fingerprint density at radius 2 is 1.69 bits per heavy atom. The molecule has 2 aromatic carbocycles. The zero-order chi connectivity index (χ0) is 20.3. The van der Waals surface area contributed by atoms with Crippen LogP contribution in [0.2, 0.25) is 0 Å². The molecule has 1 aliphatic carbocycles. The summed E-state index contributed by atoms with van der Waals surface area (Å²) in [6.07, 6.45) is 3.69. The molecule has 4 rings (SSSR count). The van der Waals surface area contributed by atoms with Crippen LogP contribution in [0.15, 0.2) is 48.5 Å². The standard InChI is InChI=1S/C24H26FN3O/c25-22-9-7-21(8-10-22)24(11-1-12-24)23(29)28-14-2-13-27(15-16-28)18-20-5-3-19(17-26)4-6-20/h3-10H,1-2,11-16,18H2. The normalized spacial score (nSPS) is 19.1. The fourth-order valence-electron chi connectivity index (χ4n) is 4.50. The van der Waals surface area contributed by atoms with E-state index < -0.39 is 5.41 Å².